The Bertz CT molecular complexity index is 578. The van der Waals surface area contributed by atoms with Crippen molar-refractivity contribution in [1.29, 1.82) is 0 Å². The quantitative estimate of drug-likeness (QED) is 0.847. The molecule has 18 heavy (non-hydrogen) atoms. The Morgan fingerprint density at radius 3 is 2.89 bits per heavy atom. The molecule has 2 rings (SSSR count). The number of nitrogen functional groups attached to an aromatic ring is 1. The van der Waals surface area contributed by atoms with Crippen LogP contribution in [0.5, 0.6) is 5.75 Å². The normalized spacial score (nSPS) is 10.3. The van der Waals surface area contributed by atoms with E-state index in [1.165, 1.54) is 19.4 Å². The maximum Gasteiger partial charge on any atom is 0.335 e. The smallest absolute Gasteiger partial charge is 0.335 e. The molecule has 0 saturated carbocycles. The van der Waals surface area contributed by atoms with Gasteiger partial charge in [-0.05, 0) is 18.2 Å². The molecular formula is C12H13N3O3. The van der Waals surface area contributed by atoms with E-state index in [-0.39, 0.29) is 5.56 Å². The van der Waals surface area contributed by atoms with E-state index < -0.39 is 5.97 Å². The Labute approximate surface area is 104 Å². The number of carboxylic acids is 1. The molecule has 0 saturated heterocycles. The van der Waals surface area contributed by atoms with Crippen LogP contribution in [0.2, 0.25) is 0 Å². The monoisotopic (exact) mass is 247 g/mol. The van der Waals surface area contributed by atoms with Gasteiger partial charge in [-0.1, -0.05) is 0 Å². The van der Waals surface area contributed by atoms with Crippen LogP contribution in [0.15, 0.2) is 30.6 Å². The van der Waals surface area contributed by atoms with Crippen molar-refractivity contribution in [3.05, 3.63) is 41.7 Å². The number of carbonyl (C=O) groups is 1. The maximum atomic E-state index is 10.9. The lowest BCUT2D eigenvalue weighted by Crippen LogP contribution is -2.05. The first-order valence-corrected chi connectivity index (χ1v) is 5.28. The number of ether oxygens (including phenoxy) is 1. The molecule has 1 aromatic carbocycles. The van der Waals surface area contributed by atoms with Crippen LogP contribution in [0.3, 0.4) is 0 Å². The molecule has 0 spiro atoms. The summed E-state index contributed by atoms with van der Waals surface area (Å²) in [6, 6.07) is 4.70. The second kappa shape index (κ2) is 4.79. The van der Waals surface area contributed by atoms with Gasteiger partial charge in [0.15, 0.2) is 0 Å². The van der Waals surface area contributed by atoms with Crippen molar-refractivity contribution in [1.82, 2.24) is 9.78 Å². The number of anilines is 1. The van der Waals surface area contributed by atoms with Crippen molar-refractivity contribution in [2.24, 2.45) is 0 Å². The molecule has 0 atom stereocenters. The molecule has 0 radical (unpaired) electrons. The minimum atomic E-state index is -0.973. The van der Waals surface area contributed by atoms with Crippen molar-refractivity contribution in [2.75, 3.05) is 12.8 Å². The van der Waals surface area contributed by atoms with Gasteiger partial charge in [-0.3, -0.25) is 4.68 Å². The van der Waals surface area contributed by atoms with E-state index in [2.05, 4.69) is 5.10 Å². The van der Waals surface area contributed by atoms with Gasteiger partial charge in [0.2, 0.25) is 0 Å². The zero-order chi connectivity index (χ0) is 13.1. The van der Waals surface area contributed by atoms with Crippen LogP contribution in [-0.2, 0) is 6.54 Å². The molecule has 0 aliphatic heterocycles. The molecule has 0 amide bonds. The first-order chi connectivity index (χ1) is 8.60. The number of nitrogens with zero attached hydrogens (tertiary/aromatic N) is 2. The van der Waals surface area contributed by atoms with Gasteiger partial charge in [0.1, 0.15) is 5.75 Å². The summed E-state index contributed by atoms with van der Waals surface area (Å²) >= 11 is 0. The van der Waals surface area contributed by atoms with Crippen molar-refractivity contribution < 1.29 is 14.6 Å². The Morgan fingerprint density at radius 1 is 1.56 bits per heavy atom. The number of aromatic carboxylic acids is 1. The predicted octanol–water partition coefficient (Wildman–Crippen LogP) is 1.22. The van der Waals surface area contributed by atoms with E-state index in [0.29, 0.717) is 18.0 Å². The molecule has 0 fully saturated rings. The third-order valence-electron chi connectivity index (χ3n) is 2.51. The fourth-order valence-electron chi connectivity index (χ4n) is 1.68. The first-order valence-electron chi connectivity index (χ1n) is 5.28. The summed E-state index contributed by atoms with van der Waals surface area (Å²) in [5.74, 6) is -0.354. The molecule has 6 heteroatoms. The van der Waals surface area contributed by atoms with Gasteiger partial charge in [0, 0.05) is 11.8 Å². The van der Waals surface area contributed by atoms with Gasteiger partial charge < -0.3 is 15.6 Å². The highest BCUT2D eigenvalue weighted by molar-refractivity contribution is 5.88. The van der Waals surface area contributed by atoms with Gasteiger partial charge >= 0.3 is 5.97 Å². The number of hydrogen-bond donors (Lipinski definition) is 2. The Balaban J connectivity index is 2.35. The Kier molecular flexibility index (Phi) is 3.18. The standard InChI is InChI=1S/C12H13N3O3/c1-18-11-3-2-8(12(16)17)4-9(11)6-15-7-10(13)5-14-15/h2-5,7H,6,13H2,1H3,(H,16,17). The van der Waals surface area contributed by atoms with Gasteiger partial charge in [0.05, 0.1) is 31.1 Å². The number of carboxylic acid groups (broad SMARTS) is 1. The predicted molar refractivity (Wildman–Crippen MR) is 65.7 cm³/mol. The van der Waals surface area contributed by atoms with Crippen LogP contribution in [0, 0.1) is 0 Å². The largest absolute Gasteiger partial charge is 0.496 e. The van der Waals surface area contributed by atoms with Gasteiger partial charge in [-0.2, -0.15) is 5.10 Å². The van der Waals surface area contributed by atoms with E-state index >= 15 is 0 Å². The third kappa shape index (κ3) is 2.42. The van der Waals surface area contributed by atoms with E-state index in [1.54, 1.807) is 23.0 Å². The van der Waals surface area contributed by atoms with E-state index in [9.17, 15) is 4.79 Å². The number of methoxy groups -OCH3 is 1. The van der Waals surface area contributed by atoms with Crippen LogP contribution in [0.25, 0.3) is 0 Å². The molecule has 94 valence electrons. The highest BCUT2D eigenvalue weighted by Crippen LogP contribution is 2.21. The van der Waals surface area contributed by atoms with Crippen LogP contribution in [-0.4, -0.2) is 28.0 Å². The molecule has 1 heterocycles. The molecule has 6 nitrogen and oxygen atoms in total. The highest BCUT2D eigenvalue weighted by Gasteiger charge is 2.09. The summed E-state index contributed by atoms with van der Waals surface area (Å²) in [4.78, 5) is 10.9. The molecule has 3 N–H and O–H groups in total. The second-order valence-electron chi connectivity index (χ2n) is 3.80. The van der Waals surface area contributed by atoms with Gasteiger partial charge in [-0.15, -0.1) is 0 Å². The molecule has 0 bridgehead atoms. The topological polar surface area (TPSA) is 90.4 Å². The molecule has 2 aromatic rings. The minimum absolute atomic E-state index is 0.214. The van der Waals surface area contributed by atoms with E-state index in [0.717, 1.165) is 5.56 Å². The second-order valence-corrected chi connectivity index (χ2v) is 3.80. The molecule has 0 aliphatic carbocycles. The van der Waals surface area contributed by atoms with Crippen LogP contribution < -0.4 is 10.5 Å². The summed E-state index contributed by atoms with van der Waals surface area (Å²) in [6.07, 6.45) is 3.21. The fourth-order valence-corrected chi connectivity index (χ4v) is 1.68. The lowest BCUT2D eigenvalue weighted by molar-refractivity contribution is 0.0696. The summed E-state index contributed by atoms with van der Waals surface area (Å²) in [7, 11) is 1.54. The van der Waals surface area contributed by atoms with Crippen LogP contribution in [0.1, 0.15) is 15.9 Å². The third-order valence-corrected chi connectivity index (χ3v) is 2.51. The van der Waals surface area contributed by atoms with Crippen molar-refractivity contribution >= 4 is 11.7 Å². The number of nitrogens with two attached hydrogens (primary N) is 1. The highest BCUT2D eigenvalue weighted by atomic mass is 16.5. The SMILES string of the molecule is COc1ccc(C(=O)O)cc1Cn1cc(N)cn1. The fraction of sp³-hybridized carbons (Fsp3) is 0.167. The lowest BCUT2D eigenvalue weighted by Gasteiger charge is -2.09. The number of hydrogen-bond acceptors (Lipinski definition) is 4. The minimum Gasteiger partial charge on any atom is -0.496 e. The van der Waals surface area contributed by atoms with Crippen LogP contribution >= 0.6 is 0 Å². The number of rotatable bonds is 4. The molecule has 0 unspecified atom stereocenters. The summed E-state index contributed by atoms with van der Waals surface area (Å²) in [5.41, 5.74) is 7.08. The number of benzene rings is 1. The zero-order valence-electron chi connectivity index (χ0n) is 9.83. The van der Waals surface area contributed by atoms with Gasteiger partial charge in [-0.25, -0.2) is 4.79 Å². The molecular weight excluding hydrogens is 234 g/mol. The van der Waals surface area contributed by atoms with Crippen molar-refractivity contribution in [3.63, 3.8) is 0 Å². The summed E-state index contributed by atoms with van der Waals surface area (Å²) in [5, 5.41) is 13.0. The Morgan fingerprint density at radius 2 is 2.33 bits per heavy atom. The van der Waals surface area contributed by atoms with E-state index in [1.807, 2.05) is 0 Å². The number of aromatic nitrogens is 2. The average Bonchev–Trinajstić information content (AvgIpc) is 2.74. The van der Waals surface area contributed by atoms with Crippen molar-refractivity contribution in [3.8, 4) is 5.75 Å². The van der Waals surface area contributed by atoms with E-state index in [4.69, 9.17) is 15.6 Å². The van der Waals surface area contributed by atoms with Crippen molar-refractivity contribution in [2.45, 2.75) is 6.54 Å². The Hall–Kier alpha value is -2.50. The molecule has 0 aliphatic rings. The summed E-state index contributed by atoms with van der Waals surface area (Å²) in [6.45, 7) is 0.404. The summed E-state index contributed by atoms with van der Waals surface area (Å²) < 4.78 is 6.82. The zero-order valence-corrected chi connectivity index (χ0v) is 9.83. The molecule has 1 aromatic heterocycles. The van der Waals surface area contributed by atoms with Gasteiger partial charge in [0.25, 0.3) is 0 Å². The average molecular weight is 247 g/mol. The van der Waals surface area contributed by atoms with Crippen LogP contribution in [0.4, 0.5) is 5.69 Å². The first kappa shape index (κ1) is 12.0. The maximum absolute atomic E-state index is 10.9. The lowest BCUT2D eigenvalue weighted by atomic mass is 10.1.